The van der Waals surface area contributed by atoms with Crippen LogP contribution in [-0.4, -0.2) is 30.5 Å². The van der Waals surface area contributed by atoms with E-state index in [9.17, 15) is 13.2 Å². The molecular formula is C8H11N3O3S. The minimum atomic E-state index is -3.40. The van der Waals surface area contributed by atoms with Gasteiger partial charge in [-0.25, -0.2) is 18.4 Å². The monoisotopic (exact) mass is 229 g/mol. The molecule has 0 aliphatic heterocycles. The van der Waals surface area contributed by atoms with E-state index in [0.29, 0.717) is 5.69 Å². The Morgan fingerprint density at radius 2 is 2.20 bits per heavy atom. The molecule has 0 radical (unpaired) electrons. The van der Waals surface area contributed by atoms with Crippen LogP contribution in [0.25, 0.3) is 0 Å². The summed E-state index contributed by atoms with van der Waals surface area (Å²) < 4.78 is 22.2. The molecule has 0 aromatic carbocycles. The zero-order valence-corrected chi connectivity index (χ0v) is 9.21. The van der Waals surface area contributed by atoms with Gasteiger partial charge in [-0.2, -0.15) is 0 Å². The smallest absolute Gasteiger partial charge is 0.247 e. The molecule has 1 aromatic rings. The lowest BCUT2D eigenvalue weighted by Gasteiger charge is -2.02. The quantitative estimate of drug-likeness (QED) is 0.707. The lowest BCUT2D eigenvalue weighted by Crippen LogP contribution is -2.20. The zero-order valence-electron chi connectivity index (χ0n) is 8.39. The SMILES string of the molecule is CC(=O)NCc1ccnc(S(C)(=O)=O)n1. The Kier molecular flexibility index (Phi) is 3.35. The second-order valence-corrected chi connectivity index (χ2v) is 4.92. The van der Waals surface area contributed by atoms with Crippen molar-refractivity contribution in [1.82, 2.24) is 15.3 Å². The summed E-state index contributed by atoms with van der Waals surface area (Å²) in [7, 11) is -3.40. The van der Waals surface area contributed by atoms with Crippen LogP contribution in [0.1, 0.15) is 12.6 Å². The maximum atomic E-state index is 11.1. The van der Waals surface area contributed by atoms with E-state index in [1.807, 2.05) is 0 Å². The molecule has 82 valence electrons. The van der Waals surface area contributed by atoms with Crippen LogP contribution in [0.5, 0.6) is 0 Å². The maximum absolute atomic E-state index is 11.1. The minimum Gasteiger partial charge on any atom is -0.351 e. The topological polar surface area (TPSA) is 89.0 Å². The van der Waals surface area contributed by atoms with E-state index >= 15 is 0 Å². The second-order valence-electron chi connectivity index (χ2n) is 3.01. The fraction of sp³-hybridized carbons (Fsp3) is 0.375. The molecule has 0 aliphatic carbocycles. The number of amides is 1. The Labute approximate surface area is 87.7 Å². The number of nitrogens with one attached hydrogen (secondary N) is 1. The van der Waals surface area contributed by atoms with Crippen molar-refractivity contribution in [2.75, 3.05) is 6.26 Å². The summed E-state index contributed by atoms with van der Waals surface area (Å²) in [6.45, 7) is 1.57. The molecular weight excluding hydrogens is 218 g/mol. The van der Waals surface area contributed by atoms with E-state index in [1.54, 1.807) is 6.07 Å². The number of hydrogen-bond donors (Lipinski definition) is 1. The molecule has 0 spiro atoms. The molecule has 7 heteroatoms. The molecule has 1 rings (SSSR count). The summed E-state index contributed by atoms with van der Waals surface area (Å²) in [5.41, 5.74) is 0.459. The summed E-state index contributed by atoms with van der Waals surface area (Å²) in [6.07, 6.45) is 2.38. The average Bonchev–Trinajstić information content (AvgIpc) is 2.14. The zero-order chi connectivity index (χ0) is 11.5. The molecule has 0 aliphatic rings. The molecule has 1 aromatic heterocycles. The molecule has 1 N–H and O–H groups in total. The van der Waals surface area contributed by atoms with Gasteiger partial charge in [0.25, 0.3) is 0 Å². The number of carbonyl (C=O) groups is 1. The van der Waals surface area contributed by atoms with E-state index in [0.717, 1.165) is 6.26 Å². The van der Waals surface area contributed by atoms with Crippen LogP contribution in [0.2, 0.25) is 0 Å². The third-order valence-electron chi connectivity index (χ3n) is 1.54. The molecule has 0 saturated carbocycles. The number of hydrogen-bond acceptors (Lipinski definition) is 5. The highest BCUT2D eigenvalue weighted by molar-refractivity contribution is 7.90. The number of aromatic nitrogens is 2. The van der Waals surface area contributed by atoms with Gasteiger partial charge in [0, 0.05) is 19.4 Å². The summed E-state index contributed by atoms with van der Waals surface area (Å²) in [4.78, 5) is 18.1. The molecule has 0 fully saturated rings. The van der Waals surface area contributed by atoms with Crippen molar-refractivity contribution in [3.63, 3.8) is 0 Å². The fourth-order valence-electron chi connectivity index (χ4n) is 0.868. The van der Waals surface area contributed by atoms with Crippen molar-refractivity contribution in [3.05, 3.63) is 18.0 Å². The first-order valence-electron chi connectivity index (χ1n) is 4.16. The van der Waals surface area contributed by atoms with Crippen LogP contribution in [0.15, 0.2) is 17.4 Å². The summed E-state index contributed by atoms with van der Waals surface area (Å²) >= 11 is 0. The summed E-state index contributed by atoms with van der Waals surface area (Å²) in [6, 6.07) is 1.55. The third kappa shape index (κ3) is 3.62. The maximum Gasteiger partial charge on any atom is 0.247 e. The van der Waals surface area contributed by atoms with Gasteiger partial charge in [0.05, 0.1) is 12.2 Å². The summed E-state index contributed by atoms with van der Waals surface area (Å²) in [5, 5.41) is 2.29. The minimum absolute atomic E-state index is 0.195. The Hall–Kier alpha value is -1.50. The Bertz CT molecular complexity index is 470. The largest absolute Gasteiger partial charge is 0.351 e. The normalized spacial score (nSPS) is 11.1. The number of nitrogens with zero attached hydrogens (tertiary/aromatic N) is 2. The highest BCUT2D eigenvalue weighted by atomic mass is 32.2. The average molecular weight is 229 g/mol. The van der Waals surface area contributed by atoms with Gasteiger partial charge in [-0.1, -0.05) is 0 Å². The van der Waals surface area contributed by atoms with Gasteiger partial charge in [-0.15, -0.1) is 0 Å². The van der Waals surface area contributed by atoms with Crippen LogP contribution in [-0.2, 0) is 21.2 Å². The van der Waals surface area contributed by atoms with Crippen molar-refractivity contribution < 1.29 is 13.2 Å². The van der Waals surface area contributed by atoms with Crippen molar-refractivity contribution >= 4 is 15.7 Å². The molecule has 6 nitrogen and oxygen atoms in total. The van der Waals surface area contributed by atoms with Crippen molar-refractivity contribution in [2.45, 2.75) is 18.6 Å². The summed E-state index contributed by atoms with van der Waals surface area (Å²) in [5.74, 6) is -0.200. The van der Waals surface area contributed by atoms with Crippen LogP contribution in [0.3, 0.4) is 0 Å². The first-order valence-corrected chi connectivity index (χ1v) is 6.05. The lowest BCUT2D eigenvalue weighted by molar-refractivity contribution is -0.119. The van der Waals surface area contributed by atoms with E-state index < -0.39 is 9.84 Å². The number of rotatable bonds is 3. The van der Waals surface area contributed by atoms with E-state index in [2.05, 4.69) is 15.3 Å². The highest BCUT2D eigenvalue weighted by Gasteiger charge is 2.10. The van der Waals surface area contributed by atoms with Crippen LogP contribution >= 0.6 is 0 Å². The van der Waals surface area contributed by atoms with Gasteiger partial charge >= 0.3 is 0 Å². The van der Waals surface area contributed by atoms with Gasteiger partial charge < -0.3 is 5.32 Å². The molecule has 0 atom stereocenters. The Morgan fingerprint density at radius 1 is 1.53 bits per heavy atom. The van der Waals surface area contributed by atoms with Gasteiger partial charge in [0.2, 0.25) is 20.9 Å². The van der Waals surface area contributed by atoms with Crippen LogP contribution in [0, 0.1) is 0 Å². The molecule has 0 unspecified atom stereocenters. The predicted molar refractivity (Wildman–Crippen MR) is 52.7 cm³/mol. The van der Waals surface area contributed by atoms with Crippen molar-refractivity contribution in [1.29, 1.82) is 0 Å². The Balaban J connectivity index is 2.89. The second kappa shape index (κ2) is 4.35. The number of sulfone groups is 1. The predicted octanol–water partition coefficient (Wildman–Crippen LogP) is -0.484. The lowest BCUT2D eigenvalue weighted by atomic mass is 10.4. The van der Waals surface area contributed by atoms with Gasteiger partial charge in [0.15, 0.2) is 0 Å². The Morgan fingerprint density at radius 3 is 2.73 bits per heavy atom. The molecule has 1 heterocycles. The fourth-order valence-corrected chi connectivity index (χ4v) is 1.40. The molecule has 15 heavy (non-hydrogen) atoms. The first kappa shape index (κ1) is 11.6. The van der Waals surface area contributed by atoms with Crippen molar-refractivity contribution in [3.8, 4) is 0 Å². The van der Waals surface area contributed by atoms with Crippen molar-refractivity contribution in [2.24, 2.45) is 0 Å². The van der Waals surface area contributed by atoms with E-state index in [1.165, 1.54) is 13.1 Å². The van der Waals surface area contributed by atoms with Gasteiger partial charge in [-0.3, -0.25) is 4.79 Å². The highest BCUT2D eigenvalue weighted by Crippen LogP contribution is 2.01. The third-order valence-corrected chi connectivity index (χ3v) is 2.40. The van der Waals surface area contributed by atoms with E-state index in [4.69, 9.17) is 0 Å². The standard InChI is InChI=1S/C8H11N3O3S/c1-6(12)10-5-7-3-4-9-8(11-7)15(2,13)14/h3-4H,5H2,1-2H3,(H,10,12). The van der Waals surface area contributed by atoms with Crippen LogP contribution < -0.4 is 5.32 Å². The van der Waals surface area contributed by atoms with Gasteiger partial charge in [-0.05, 0) is 6.07 Å². The molecule has 1 amide bonds. The van der Waals surface area contributed by atoms with E-state index in [-0.39, 0.29) is 17.6 Å². The number of carbonyl (C=O) groups excluding carboxylic acids is 1. The molecule has 0 saturated heterocycles. The van der Waals surface area contributed by atoms with Gasteiger partial charge in [0.1, 0.15) is 0 Å². The van der Waals surface area contributed by atoms with Crippen LogP contribution in [0.4, 0.5) is 0 Å². The molecule has 0 bridgehead atoms. The first-order chi connectivity index (χ1) is 6.89.